The average Bonchev–Trinajstić information content (AvgIpc) is 3.02. The van der Waals surface area contributed by atoms with Crippen LogP contribution in [0.1, 0.15) is 33.3 Å². The summed E-state index contributed by atoms with van der Waals surface area (Å²) in [7, 11) is 0. The van der Waals surface area contributed by atoms with E-state index in [0.29, 0.717) is 6.61 Å². The highest BCUT2D eigenvalue weighted by atomic mass is 16.5. The van der Waals surface area contributed by atoms with Crippen molar-refractivity contribution in [3.05, 3.63) is 60.3 Å². The van der Waals surface area contributed by atoms with Gasteiger partial charge in [-0.1, -0.05) is 30.3 Å². The minimum Gasteiger partial charge on any atom is -0.488 e. The number of benzene rings is 2. The number of ether oxygens (including phenoxy) is 2. The third-order valence-electron chi connectivity index (χ3n) is 4.48. The monoisotopic (exact) mass is 366 g/mol. The van der Waals surface area contributed by atoms with E-state index in [2.05, 4.69) is 54.6 Å². The molecule has 0 bridgehead atoms. The largest absolute Gasteiger partial charge is 0.488 e. The fourth-order valence-corrected chi connectivity index (χ4v) is 3.29. The second-order valence-corrected chi connectivity index (χ2v) is 7.81. The van der Waals surface area contributed by atoms with E-state index < -0.39 is 0 Å². The Kier molecular flexibility index (Phi) is 6.07. The highest BCUT2D eigenvalue weighted by molar-refractivity contribution is 5.83. The zero-order valence-corrected chi connectivity index (χ0v) is 16.7. The van der Waals surface area contributed by atoms with Gasteiger partial charge in [0.25, 0.3) is 0 Å². The summed E-state index contributed by atoms with van der Waals surface area (Å²) in [5.41, 5.74) is 2.50. The predicted octanol–water partition coefficient (Wildman–Crippen LogP) is 4.94. The van der Waals surface area contributed by atoms with Crippen LogP contribution >= 0.6 is 0 Å². The van der Waals surface area contributed by atoms with Gasteiger partial charge in [0.2, 0.25) is 0 Å². The Morgan fingerprint density at radius 2 is 1.70 bits per heavy atom. The Hall–Kier alpha value is -2.46. The summed E-state index contributed by atoms with van der Waals surface area (Å²) in [5.74, 6) is 1.59. The Labute approximate surface area is 161 Å². The number of aromatic nitrogens is 1. The molecule has 0 amide bonds. The summed E-state index contributed by atoms with van der Waals surface area (Å²) in [5, 5.41) is 4.91. The molecule has 0 aliphatic heterocycles. The van der Waals surface area contributed by atoms with Crippen LogP contribution in [-0.2, 0) is 6.42 Å². The first kappa shape index (κ1) is 19.3. The third kappa shape index (κ3) is 5.27. The molecule has 1 heterocycles. The van der Waals surface area contributed by atoms with E-state index in [1.807, 2.05) is 38.1 Å². The topological polar surface area (TPSA) is 46.3 Å². The lowest BCUT2D eigenvalue weighted by Crippen LogP contribution is -2.43. The molecular weight excluding hydrogens is 336 g/mol. The lowest BCUT2D eigenvalue weighted by Gasteiger charge is -2.26. The van der Waals surface area contributed by atoms with Gasteiger partial charge in [0.05, 0.1) is 6.10 Å². The molecule has 0 aliphatic carbocycles. The van der Waals surface area contributed by atoms with Crippen LogP contribution in [0.3, 0.4) is 0 Å². The van der Waals surface area contributed by atoms with Crippen LogP contribution in [0.5, 0.6) is 11.5 Å². The van der Waals surface area contributed by atoms with Gasteiger partial charge in [-0.25, -0.2) is 0 Å². The van der Waals surface area contributed by atoms with Gasteiger partial charge in [-0.2, -0.15) is 0 Å². The van der Waals surface area contributed by atoms with E-state index in [4.69, 9.17) is 9.47 Å². The van der Waals surface area contributed by atoms with Crippen LogP contribution in [-0.4, -0.2) is 29.8 Å². The molecule has 1 aromatic heterocycles. The summed E-state index contributed by atoms with van der Waals surface area (Å²) in [4.78, 5) is 3.35. The first-order valence-corrected chi connectivity index (χ1v) is 9.63. The van der Waals surface area contributed by atoms with E-state index in [1.54, 1.807) is 0 Å². The number of nitrogens with one attached hydrogen (secondary N) is 2. The first-order chi connectivity index (χ1) is 12.9. The maximum absolute atomic E-state index is 5.95. The number of rotatable bonds is 9. The molecule has 2 aromatic carbocycles. The van der Waals surface area contributed by atoms with Crippen LogP contribution in [0.4, 0.5) is 0 Å². The van der Waals surface area contributed by atoms with E-state index in [9.17, 15) is 0 Å². The molecule has 27 heavy (non-hydrogen) atoms. The number of para-hydroxylation sites is 3. The van der Waals surface area contributed by atoms with E-state index >= 15 is 0 Å². The SMILES string of the molecule is CC(C)Oc1ccccc1OCCNC(C)(C)Cc1c[nH]c2ccccc12. The molecule has 3 rings (SSSR count). The molecule has 0 aliphatic rings. The van der Waals surface area contributed by atoms with Gasteiger partial charge in [0.15, 0.2) is 11.5 Å². The Balaban J connectivity index is 1.52. The van der Waals surface area contributed by atoms with Crippen LogP contribution < -0.4 is 14.8 Å². The lowest BCUT2D eigenvalue weighted by molar-refractivity contribution is 0.218. The van der Waals surface area contributed by atoms with Crippen molar-refractivity contribution in [1.82, 2.24) is 10.3 Å². The minimum absolute atomic E-state index is 0.0255. The number of aromatic amines is 1. The molecule has 0 saturated carbocycles. The fourth-order valence-electron chi connectivity index (χ4n) is 3.29. The van der Waals surface area contributed by atoms with Gasteiger partial charge in [-0.15, -0.1) is 0 Å². The molecule has 4 nitrogen and oxygen atoms in total. The number of hydrogen-bond acceptors (Lipinski definition) is 3. The zero-order valence-electron chi connectivity index (χ0n) is 16.7. The zero-order chi connectivity index (χ0) is 19.3. The molecule has 3 aromatic rings. The molecule has 0 atom stereocenters. The molecule has 0 saturated heterocycles. The van der Waals surface area contributed by atoms with Crippen molar-refractivity contribution in [3.63, 3.8) is 0 Å². The van der Waals surface area contributed by atoms with Crippen molar-refractivity contribution >= 4 is 10.9 Å². The molecule has 0 unspecified atom stereocenters. The van der Waals surface area contributed by atoms with Crippen LogP contribution in [0.15, 0.2) is 54.7 Å². The van der Waals surface area contributed by atoms with Gasteiger partial charge in [0.1, 0.15) is 6.61 Å². The number of fused-ring (bicyclic) bond motifs is 1. The Morgan fingerprint density at radius 1 is 1.00 bits per heavy atom. The second-order valence-electron chi connectivity index (χ2n) is 7.81. The van der Waals surface area contributed by atoms with Crippen LogP contribution in [0, 0.1) is 0 Å². The van der Waals surface area contributed by atoms with E-state index in [1.165, 1.54) is 16.5 Å². The van der Waals surface area contributed by atoms with Crippen molar-refractivity contribution in [1.29, 1.82) is 0 Å². The summed E-state index contributed by atoms with van der Waals surface area (Å²) in [6, 6.07) is 16.3. The molecule has 144 valence electrons. The minimum atomic E-state index is -0.0255. The van der Waals surface area contributed by atoms with Gasteiger partial charge >= 0.3 is 0 Å². The van der Waals surface area contributed by atoms with E-state index in [-0.39, 0.29) is 11.6 Å². The fraction of sp³-hybridized carbons (Fsp3) is 0.391. The number of H-pyrrole nitrogens is 1. The normalized spacial score (nSPS) is 11.9. The van der Waals surface area contributed by atoms with Gasteiger partial charge < -0.3 is 19.8 Å². The van der Waals surface area contributed by atoms with Crippen molar-refractivity contribution < 1.29 is 9.47 Å². The Morgan fingerprint density at radius 3 is 2.48 bits per heavy atom. The maximum atomic E-state index is 5.95. The van der Waals surface area contributed by atoms with Crippen molar-refractivity contribution in [2.75, 3.05) is 13.2 Å². The van der Waals surface area contributed by atoms with Gasteiger partial charge in [0, 0.05) is 29.2 Å². The predicted molar refractivity (Wildman–Crippen MR) is 112 cm³/mol. The Bertz CT molecular complexity index is 867. The highest BCUT2D eigenvalue weighted by Gasteiger charge is 2.19. The lowest BCUT2D eigenvalue weighted by atomic mass is 9.94. The van der Waals surface area contributed by atoms with E-state index in [0.717, 1.165) is 24.5 Å². The molecule has 0 spiro atoms. The third-order valence-corrected chi connectivity index (χ3v) is 4.48. The molecule has 0 fully saturated rings. The van der Waals surface area contributed by atoms with Crippen molar-refractivity contribution in [3.8, 4) is 11.5 Å². The summed E-state index contributed by atoms with van der Waals surface area (Å²) >= 11 is 0. The quantitative estimate of drug-likeness (QED) is 0.527. The molecule has 4 heteroatoms. The van der Waals surface area contributed by atoms with Gasteiger partial charge in [-0.05, 0) is 57.9 Å². The van der Waals surface area contributed by atoms with Crippen LogP contribution in [0.2, 0.25) is 0 Å². The average molecular weight is 367 g/mol. The number of hydrogen-bond donors (Lipinski definition) is 2. The van der Waals surface area contributed by atoms with Crippen LogP contribution in [0.25, 0.3) is 10.9 Å². The summed E-state index contributed by atoms with van der Waals surface area (Å²) < 4.78 is 11.8. The highest BCUT2D eigenvalue weighted by Crippen LogP contribution is 2.27. The molecular formula is C23H30N2O2. The van der Waals surface area contributed by atoms with Crippen molar-refractivity contribution in [2.24, 2.45) is 0 Å². The smallest absolute Gasteiger partial charge is 0.161 e. The second kappa shape index (κ2) is 8.49. The molecule has 2 N–H and O–H groups in total. The molecule has 0 radical (unpaired) electrons. The maximum Gasteiger partial charge on any atom is 0.161 e. The van der Waals surface area contributed by atoms with Crippen molar-refractivity contribution in [2.45, 2.75) is 45.8 Å². The first-order valence-electron chi connectivity index (χ1n) is 9.63. The summed E-state index contributed by atoms with van der Waals surface area (Å²) in [6.45, 7) is 9.85. The van der Waals surface area contributed by atoms with Gasteiger partial charge in [-0.3, -0.25) is 0 Å². The summed E-state index contributed by atoms with van der Waals surface area (Å²) in [6.07, 6.45) is 3.19. The standard InChI is InChI=1S/C23H30N2O2/c1-17(2)27-22-12-8-7-11-21(22)26-14-13-25-23(3,4)15-18-16-24-20-10-6-5-9-19(18)20/h5-12,16-17,24-25H,13-15H2,1-4H3.